The first-order valence-corrected chi connectivity index (χ1v) is 43.9. The van der Waals surface area contributed by atoms with Crippen molar-refractivity contribution in [2.24, 2.45) is 0 Å². The van der Waals surface area contributed by atoms with Crippen molar-refractivity contribution in [2.45, 2.75) is 67.2 Å². The normalized spacial score (nSPS) is 11.1. The van der Waals surface area contributed by atoms with Gasteiger partial charge in [0.15, 0.2) is 0 Å². The smallest absolute Gasteiger partial charge is 0.257 e. The van der Waals surface area contributed by atoms with Crippen molar-refractivity contribution < 1.29 is 49.2 Å². The summed E-state index contributed by atoms with van der Waals surface area (Å²) in [5.41, 5.74) is 9.46. The number of pyridine rings is 5. The molecule has 7 aromatic carbocycles. The molecule has 8 N–H and O–H groups in total. The molecule has 0 saturated heterocycles. The topological polar surface area (TPSA) is 358 Å². The first-order valence-electron chi connectivity index (χ1n) is 37.9. The number of imidazole rings is 1. The molecule has 0 aliphatic carbocycles. The molecule has 0 fully saturated rings. The van der Waals surface area contributed by atoms with Gasteiger partial charge >= 0.3 is 0 Å². The molecule has 33 heteroatoms. The third kappa shape index (κ3) is 27.5. The summed E-state index contributed by atoms with van der Waals surface area (Å²) in [7, 11) is -9.33. The summed E-state index contributed by atoms with van der Waals surface area (Å²) in [4.78, 5) is 76.2. The van der Waals surface area contributed by atoms with Gasteiger partial charge in [0.05, 0.1) is 76.1 Å². The number of ether oxygens (including phenoxy) is 1. The number of rotatable bonds is 32. The summed E-state index contributed by atoms with van der Waals surface area (Å²) in [6, 6.07) is 63.6. The van der Waals surface area contributed by atoms with Crippen LogP contribution in [0.5, 0.6) is 0 Å². The molecule has 0 aliphatic heterocycles. The number of nitrogens with one attached hydrogen (secondary N) is 8. The standard InChI is InChI=1S/C23H21ClN6O.2C22H22ClN3O3S.C21H20ClN3O4S/c24-20-7-6-18(14-19(20)21-4-1-2-9-26-21)29-23(31)17-5-8-22(28-15-17)27-10-3-12-30-13-11-25-16-30;2*1-2-3-14-25-30(28,29)18-10-7-16(8-11-18)22(27)26-17-9-12-20(23)19(15-17)21-6-4-5-13-24-21;1-29-13-12-24-30(27,28)17-8-5-15(6-9-17)21(26)25-16-7-10-19(22)18(14-16)20-4-2-3-11-23-20/h1-2,4-9,11,13-16H,3,10,12H2,(H,27,28)(H,29,31);2*4-13,15,25H,2-3,14H2,1H3,(H,26,27);2-11,14,24H,12-13H2,1H3,(H,25,26). The molecule has 0 radical (unpaired) electrons. The van der Waals surface area contributed by atoms with Crippen molar-refractivity contribution in [3.05, 3.63) is 323 Å². The number of hydrogen-bond donors (Lipinski definition) is 8. The van der Waals surface area contributed by atoms with E-state index in [-0.39, 0.29) is 51.5 Å². The van der Waals surface area contributed by atoms with Gasteiger partial charge in [-0.15, -0.1) is 0 Å². The lowest BCUT2D eigenvalue weighted by atomic mass is 10.1. The number of hydrogen-bond acceptors (Lipinski definition) is 18. The number of benzene rings is 7. The van der Waals surface area contributed by atoms with E-state index in [1.54, 1.807) is 128 Å². The van der Waals surface area contributed by atoms with E-state index in [1.807, 2.05) is 97.4 Å². The fraction of sp³-hybridized carbons (Fsp3) is 0.159. The molecule has 13 rings (SSSR count). The van der Waals surface area contributed by atoms with E-state index >= 15 is 0 Å². The van der Waals surface area contributed by atoms with Gasteiger partial charge in [0.25, 0.3) is 23.6 Å². The fourth-order valence-corrected chi connectivity index (χ4v) is 15.3. The van der Waals surface area contributed by atoms with Crippen molar-refractivity contribution in [2.75, 3.05) is 66.5 Å². The number of sulfonamides is 3. The van der Waals surface area contributed by atoms with E-state index < -0.39 is 30.1 Å². The Labute approximate surface area is 722 Å². The fourth-order valence-electron chi connectivity index (χ4n) is 11.3. The molecule has 0 saturated carbocycles. The van der Waals surface area contributed by atoms with Gasteiger partial charge in [0, 0.05) is 145 Å². The molecule has 0 spiro atoms. The second kappa shape index (κ2) is 45.4. The second-order valence-electron chi connectivity index (χ2n) is 26.4. The van der Waals surface area contributed by atoms with E-state index in [9.17, 15) is 44.4 Å². The minimum absolute atomic E-state index is 0.0686. The average Bonchev–Trinajstić information content (AvgIpc) is 1.24. The summed E-state index contributed by atoms with van der Waals surface area (Å²) in [5.74, 6) is -0.598. The van der Waals surface area contributed by atoms with Crippen LogP contribution in [0.2, 0.25) is 20.1 Å². The number of nitrogens with zero attached hydrogens (tertiary/aromatic N) is 7. The van der Waals surface area contributed by atoms with Gasteiger partial charge in [0.2, 0.25) is 30.1 Å². The largest absolute Gasteiger partial charge is 0.383 e. The van der Waals surface area contributed by atoms with Gasteiger partial charge in [-0.25, -0.2) is 49.4 Å². The van der Waals surface area contributed by atoms with Crippen LogP contribution in [0.3, 0.4) is 0 Å². The summed E-state index contributed by atoms with van der Waals surface area (Å²) in [6.07, 6.45) is 18.0. The number of methoxy groups -OCH3 is 1. The van der Waals surface area contributed by atoms with Crippen LogP contribution in [0, 0.1) is 0 Å². The molecule has 13 aromatic rings. The number of aromatic nitrogens is 7. The molecule has 0 unspecified atom stereocenters. The van der Waals surface area contributed by atoms with Gasteiger partial charge < -0.3 is 35.9 Å². The minimum atomic E-state index is -3.66. The van der Waals surface area contributed by atoms with E-state index in [0.29, 0.717) is 112 Å². The zero-order chi connectivity index (χ0) is 86.2. The Kier molecular flexibility index (Phi) is 34.3. The van der Waals surface area contributed by atoms with Gasteiger partial charge in [0.1, 0.15) is 5.82 Å². The SMILES string of the molecule is CCCCNS(=O)(=O)c1ccc(C(=O)Nc2ccc(Cl)c(-c3ccccn3)c2)cc1.CCCCNS(=O)(=O)c1ccc(C(=O)Nc2ccc(Cl)c(-c3ccccn3)c2)cc1.COCCNS(=O)(=O)c1ccc(C(=O)Nc2ccc(Cl)c(-c3ccccn3)c2)cc1.O=C(Nc1ccc(Cl)c(-c2ccccn2)c1)c1ccc(NCCCn2ccnc2)nc1. The lowest BCUT2D eigenvalue weighted by Crippen LogP contribution is -2.27. The number of unbranched alkanes of at least 4 members (excludes halogenated alkanes) is 2. The Hall–Kier alpha value is -12.0. The van der Waals surface area contributed by atoms with Gasteiger partial charge in [-0.3, -0.25) is 39.1 Å². The van der Waals surface area contributed by atoms with Gasteiger partial charge in [-0.1, -0.05) is 97.4 Å². The number of carbonyl (C=O) groups excluding carboxylic acids is 4. The number of aryl methyl sites for hydroxylation is 1. The quantitative estimate of drug-likeness (QED) is 0.0182. The summed E-state index contributed by atoms with van der Waals surface area (Å²) in [6.45, 7) is 6.83. The van der Waals surface area contributed by atoms with E-state index in [0.717, 1.165) is 62.3 Å². The van der Waals surface area contributed by atoms with Gasteiger partial charge in [-0.05, 0) is 226 Å². The van der Waals surface area contributed by atoms with Crippen molar-refractivity contribution in [3.8, 4) is 45.0 Å². The van der Waals surface area contributed by atoms with Crippen LogP contribution in [-0.4, -0.2) is 123 Å². The van der Waals surface area contributed by atoms with Crippen molar-refractivity contribution in [3.63, 3.8) is 0 Å². The molecule has 121 heavy (non-hydrogen) atoms. The molecule has 4 amide bonds. The molecule has 0 aliphatic rings. The highest BCUT2D eigenvalue weighted by atomic mass is 35.5. The number of carbonyl (C=O) groups is 4. The Balaban J connectivity index is 0.000000169. The van der Waals surface area contributed by atoms with Gasteiger partial charge in [-0.2, -0.15) is 0 Å². The third-order valence-electron chi connectivity index (χ3n) is 17.7. The third-order valence-corrected chi connectivity index (χ3v) is 23.4. The number of halogens is 4. The highest BCUT2D eigenvalue weighted by Crippen LogP contribution is 2.34. The Bertz CT molecular complexity index is 5520. The maximum atomic E-state index is 12.6. The first-order chi connectivity index (χ1) is 58.4. The highest BCUT2D eigenvalue weighted by Gasteiger charge is 2.21. The minimum Gasteiger partial charge on any atom is -0.383 e. The summed E-state index contributed by atoms with van der Waals surface area (Å²) >= 11 is 25.1. The van der Waals surface area contributed by atoms with Crippen LogP contribution in [-0.2, 0) is 41.4 Å². The van der Waals surface area contributed by atoms with Crippen LogP contribution >= 0.6 is 46.4 Å². The predicted octanol–water partition coefficient (Wildman–Crippen LogP) is 17.8. The lowest BCUT2D eigenvalue weighted by molar-refractivity contribution is 0.101. The molecule has 6 aromatic heterocycles. The Morgan fingerprint density at radius 1 is 0.372 bits per heavy atom. The maximum absolute atomic E-state index is 12.6. The van der Waals surface area contributed by atoms with Crippen LogP contribution < -0.4 is 40.8 Å². The predicted molar refractivity (Wildman–Crippen MR) is 477 cm³/mol. The van der Waals surface area contributed by atoms with Crippen LogP contribution in [0.4, 0.5) is 28.6 Å². The molecule has 0 atom stereocenters. The lowest BCUT2D eigenvalue weighted by Gasteiger charge is -2.10. The Morgan fingerprint density at radius 3 is 0.992 bits per heavy atom. The van der Waals surface area contributed by atoms with Crippen molar-refractivity contribution in [1.82, 2.24) is 48.6 Å². The first kappa shape index (κ1) is 91.3. The van der Waals surface area contributed by atoms with E-state index in [1.165, 1.54) is 79.9 Å². The number of amides is 4. The zero-order valence-electron chi connectivity index (χ0n) is 65.7. The van der Waals surface area contributed by atoms with Crippen LogP contribution in [0.15, 0.2) is 295 Å². The van der Waals surface area contributed by atoms with Crippen LogP contribution in [0.1, 0.15) is 87.4 Å². The highest BCUT2D eigenvalue weighted by molar-refractivity contribution is 7.90. The van der Waals surface area contributed by atoms with E-state index in [2.05, 4.69) is 70.7 Å². The van der Waals surface area contributed by atoms with Crippen molar-refractivity contribution in [1.29, 1.82) is 0 Å². The molecule has 6 heterocycles. The average molecular weight is 1770 g/mol. The molecule has 0 bridgehead atoms. The van der Waals surface area contributed by atoms with Crippen molar-refractivity contribution >= 4 is 129 Å². The molecule has 624 valence electrons. The summed E-state index contributed by atoms with van der Waals surface area (Å²) in [5, 5.41) is 16.7. The van der Waals surface area contributed by atoms with E-state index in [4.69, 9.17) is 51.1 Å². The summed E-state index contributed by atoms with van der Waals surface area (Å²) < 4.78 is 87.8. The number of anilines is 5. The molecule has 26 nitrogen and oxygen atoms in total. The monoisotopic (exact) mass is 1760 g/mol. The molecular weight excluding hydrogens is 1680 g/mol. The second-order valence-corrected chi connectivity index (χ2v) is 33.4. The molecular formula is C88H85Cl4N15O11S3. The maximum Gasteiger partial charge on any atom is 0.257 e. The van der Waals surface area contributed by atoms with Crippen LogP contribution in [0.25, 0.3) is 45.0 Å². The zero-order valence-corrected chi connectivity index (χ0v) is 71.2. The Morgan fingerprint density at radius 2 is 0.702 bits per heavy atom.